The van der Waals surface area contributed by atoms with Gasteiger partial charge in [0.15, 0.2) is 0 Å². The Morgan fingerprint density at radius 1 is 1.40 bits per heavy atom. The Balaban J connectivity index is 2.59. The fourth-order valence-electron chi connectivity index (χ4n) is 1.45. The van der Waals surface area contributed by atoms with Gasteiger partial charge in [-0.15, -0.1) is 0 Å². The number of pyridine rings is 1. The molecule has 0 atom stereocenters. The van der Waals surface area contributed by atoms with Crippen LogP contribution < -0.4 is 15.8 Å². The summed E-state index contributed by atoms with van der Waals surface area (Å²) in [4.78, 5) is 15.5. The first-order valence-electron chi connectivity index (χ1n) is 6.67. The van der Waals surface area contributed by atoms with Gasteiger partial charge in [-0.3, -0.25) is 4.79 Å². The number of nitrogens with zero attached hydrogens (tertiary/aromatic N) is 1. The molecule has 0 radical (unpaired) electrons. The highest BCUT2D eigenvalue weighted by Crippen LogP contribution is 2.24. The van der Waals surface area contributed by atoms with E-state index in [0.717, 1.165) is 0 Å². The van der Waals surface area contributed by atoms with Gasteiger partial charge in [0.1, 0.15) is 11.4 Å². The average Bonchev–Trinajstić information content (AvgIpc) is 2.32. The van der Waals surface area contributed by atoms with Crippen molar-refractivity contribution in [2.45, 2.75) is 39.7 Å². The summed E-state index contributed by atoms with van der Waals surface area (Å²) in [6, 6.07) is 3.47. The molecule has 3 N–H and O–H groups in total. The van der Waals surface area contributed by atoms with Crippen LogP contribution >= 0.6 is 0 Å². The lowest BCUT2D eigenvalue weighted by Gasteiger charge is -2.21. The van der Waals surface area contributed by atoms with Gasteiger partial charge in [0.2, 0.25) is 5.88 Å². The second-order valence-corrected chi connectivity index (χ2v) is 5.29. The average molecular weight is 281 g/mol. The number of rotatable bonds is 6. The van der Waals surface area contributed by atoms with Crippen LogP contribution in [0.25, 0.3) is 0 Å². The third-order valence-corrected chi connectivity index (χ3v) is 2.23. The number of nitrogens with one attached hydrogen (secondary N) is 1. The molecule has 0 aliphatic carbocycles. The van der Waals surface area contributed by atoms with Crippen molar-refractivity contribution in [2.75, 3.05) is 24.2 Å². The first kappa shape index (κ1) is 16.1. The van der Waals surface area contributed by atoms with Crippen LogP contribution in [0, 0.1) is 0 Å². The molecule has 0 bridgehead atoms. The molecule has 0 aliphatic heterocycles. The normalized spacial score (nSPS) is 11.0. The number of esters is 1. The molecule has 1 aromatic rings. The first-order valence-corrected chi connectivity index (χ1v) is 6.67. The molecule has 1 heterocycles. The minimum atomic E-state index is -0.370. The Labute approximate surface area is 119 Å². The number of aromatic nitrogens is 1. The minimum absolute atomic E-state index is 0.235. The van der Waals surface area contributed by atoms with Crippen LogP contribution in [0.15, 0.2) is 12.1 Å². The van der Waals surface area contributed by atoms with E-state index in [9.17, 15) is 4.79 Å². The summed E-state index contributed by atoms with van der Waals surface area (Å²) in [5.41, 5.74) is 5.94. The number of ether oxygens (including phenoxy) is 2. The van der Waals surface area contributed by atoms with Crippen molar-refractivity contribution in [3.8, 4) is 5.88 Å². The molecule has 0 aliphatic rings. The number of hydrogen-bond donors (Lipinski definition) is 2. The van der Waals surface area contributed by atoms with E-state index in [1.807, 2.05) is 20.8 Å². The van der Waals surface area contributed by atoms with E-state index in [1.54, 1.807) is 19.1 Å². The number of nitrogens with two attached hydrogens (primary N) is 1. The van der Waals surface area contributed by atoms with Crippen LogP contribution in [0.4, 0.5) is 11.5 Å². The lowest BCUT2D eigenvalue weighted by molar-refractivity contribution is -0.142. The number of hydrogen-bond acceptors (Lipinski definition) is 6. The van der Waals surface area contributed by atoms with E-state index >= 15 is 0 Å². The van der Waals surface area contributed by atoms with Crippen LogP contribution in [0.2, 0.25) is 0 Å². The molecular weight excluding hydrogens is 258 g/mol. The third-order valence-electron chi connectivity index (χ3n) is 2.23. The van der Waals surface area contributed by atoms with E-state index in [2.05, 4.69) is 10.3 Å². The molecule has 6 heteroatoms. The molecule has 20 heavy (non-hydrogen) atoms. The summed E-state index contributed by atoms with van der Waals surface area (Å²) < 4.78 is 10.5. The smallest absolute Gasteiger partial charge is 0.307 e. The van der Waals surface area contributed by atoms with E-state index in [-0.39, 0.29) is 18.0 Å². The lowest BCUT2D eigenvalue weighted by Crippen LogP contribution is -2.24. The van der Waals surface area contributed by atoms with Crippen molar-refractivity contribution in [1.82, 2.24) is 4.98 Å². The summed E-state index contributed by atoms with van der Waals surface area (Å²) in [6.07, 6.45) is 0.287. The molecule has 112 valence electrons. The van der Waals surface area contributed by atoms with Crippen LogP contribution in [0.3, 0.4) is 0 Å². The molecule has 0 aromatic carbocycles. The second-order valence-electron chi connectivity index (χ2n) is 5.29. The van der Waals surface area contributed by atoms with Gasteiger partial charge >= 0.3 is 5.97 Å². The fraction of sp³-hybridized carbons (Fsp3) is 0.571. The van der Waals surface area contributed by atoms with Gasteiger partial charge in [-0.25, -0.2) is 0 Å². The Bertz CT molecular complexity index is 455. The quantitative estimate of drug-likeness (QED) is 0.777. The van der Waals surface area contributed by atoms with Crippen molar-refractivity contribution in [1.29, 1.82) is 0 Å². The highest BCUT2D eigenvalue weighted by atomic mass is 16.5. The summed E-state index contributed by atoms with van der Waals surface area (Å²) in [7, 11) is 0. The number of nitrogen functional groups attached to an aromatic ring is 1. The highest BCUT2D eigenvalue weighted by molar-refractivity contribution is 5.70. The molecule has 0 saturated heterocycles. The number of carbonyl (C=O) groups excluding carboxylic acids is 1. The van der Waals surface area contributed by atoms with Crippen molar-refractivity contribution >= 4 is 17.5 Å². The van der Waals surface area contributed by atoms with Crippen molar-refractivity contribution in [2.24, 2.45) is 0 Å². The predicted octanol–water partition coefficient (Wildman–Crippen LogP) is 2.21. The molecule has 1 aromatic heterocycles. The SMILES string of the molecule is CCOC(=O)CCNc1ccc(N)c(OC(C)(C)C)n1. The molecule has 0 fully saturated rings. The molecule has 0 unspecified atom stereocenters. The number of carbonyl (C=O) groups is 1. The van der Waals surface area contributed by atoms with Gasteiger partial charge in [0, 0.05) is 6.54 Å². The largest absolute Gasteiger partial charge is 0.470 e. The standard InChI is InChI=1S/C14H23N3O3/c1-5-19-12(18)8-9-16-11-7-6-10(15)13(17-11)20-14(2,3)4/h6-7H,5,8-9,15H2,1-4H3,(H,16,17). The maximum Gasteiger partial charge on any atom is 0.307 e. The fourth-order valence-corrected chi connectivity index (χ4v) is 1.45. The molecule has 6 nitrogen and oxygen atoms in total. The summed E-state index contributed by atoms with van der Waals surface area (Å²) >= 11 is 0. The summed E-state index contributed by atoms with van der Waals surface area (Å²) in [5.74, 6) is 0.767. The van der Waals surface area contributed by atoms with Gasteiger partial charge < -0.3 is 20.5 Å². The van der Waals surface area contributed by atoms with Crippen LogP contribution in [0.1, 0.15) is 34.1 Å². The van der Waals surface area contributed by atoms with E-state index in [4.69, 9.17) is 15.2 Å². The lowest BCUT2D eigenvalue weighted by atomic mass is 10.2. The zero-order chi connectivity index (χ0) is 15.2. The summed E-state index contributed by atoms with van der Waals surface area (Å²) in [5, 5.41) is 3.04. The van der Waals surface area contributed by atoms with E-state index in [1.165, 1.54) is 0 Å². The van der Waals surface area contributed by atoms with E-state index in [0.29, 0.717) is 30.5 Å². The number of anilines is 2. The maximum absolute atomic E-state index is 11.2. The molecular formula is C14H23N3O3. The summed E-state index contributed by atoms with van der Waals surface area (Å²) in [6.45, 7) is 8.40. The molecule has 1 rings (SSSR count). The Morgan fingerprint density at radius 2 is 2.10 bits per heavy atom. The van der Waals surface area contributed by atoms with Crippen LogP contribution in [-0.2, 0) is 9.53 Å². The topological polar surface area (TPSA) is 86.5 Å². The van der Waals surface area contributed by atoms with Crippen molar-refractivity contribution in [3.63, 3.8) is 0 Å². The van der Waals surface area contributed by atoms with Gasteiger partial charge in [-0.05, 0) is 39.8 Å². The van der Waals surface area contributed by atoms with Gasteiger partial charge in [0.25, 0.3) is 0 Å². The maximum atomic E-state index is 11.2. The molecule has 0 saturated carbocycles. The minimum Gasteiger partial charge on any atom is -0.470 e. The van der Waals surface area contributed by atoms with Gasteiger partial charge in [0.05, 0.1) is 18.7 Å². The van der Waals surface area contributed by atoms with E-state index < -0.39 is 0 Å². The van der Waals surface area contributed by atoms with Crippen LogP contribution in [-0.4, -0.2) is 29.7 Å². The highest BCUT2D eigenvalue weighted by Gasteiger charge is 2.15. The van der Waals surface area contributed by atoms with Crippen molar-refractivity contribution in [3.05, 3.63) is 12.1 Å². The Kier molecular flexibility index (Phi) is 5.61. The Hall–Kier alpha value is -1.98. The van der Waals surface area contributed by atoms with Crippen LogP contribution in [0.5, 0.6) is 5.88 Å². The Morgan fingerprint density at radius 3 is 2.70 bits per heavy atom. The molecule has 0 spiro atoms. The predicted molar refractivity (Wildman–Crippen MR) is 78.8 cm³/mol. The monoisotopic (exact) mass is 281 g/mol. The first-order chi connectivity index (χ1) is 9.31. The second kappa shape index (κ2) is 6.98. The molecule has 0 amide bonds. The van der Waals surface area contributed by atoms with Gasteiger partial charge in [-0.2, -0.15) is 4.98 Å². The third kappa shape index (κ3) is 5.77. The zero-order valence-corrected chi connectivity index (χ0v) is 12.5. The van der Waals surface area contributed by atoms with Crippen molar-refractivity contribution < 1.29 is 14.3 Å². The zero-order valence-electron chi connectivity index (χ0n) is 12.5. The van der Waals surface area contributed by atoms with Gasteiger partial charge in [-0.1, -0.05) is 0 Å².